The molecule has 8 heteroatoms. The lowest BCUT2D eigenvalue weighted by Gasteiger charge is -2.16. The molecule has 17 heavy (non-hydrogen) atoms. The van der Waals surface area contributed by atoms with Crippen molar-refractivity contribution in [3.8, 4) is 0 Å². The predicted molar refractivity (Wildman–Crippen MR) is 56.8 cm³/mol. The molecule has 4 nitrogen and oxygen atoms in total. The predicted octanol–water partition coefficient (Wildman–Crippen LogP) is 1.18. The Kier molecular flexibility index (Phi) is 4.34. The molecule has 1 aromatic rings. The van der Waals surface area contributed by atoms with Gasteiger partial charge in [0.2, 0.25) is 0 Å². The first kappa shape index (κ1) is 14.2. The van der Waals surface area contributed by atoms with Crippen molar-refractivity contribution in [3.05, 3.63) is 33.7 Å². The Hall–Kier alpha value is -0.860. The van der Waals surface area contributed by atoms with Crippen molar-refractivity contribution in [2.45, 2.75) is 18.4 Å². The zero-order valence-electron chi connectivity index (χ0n) is 8.33. The Morgan fingerprint density at radius 3 is 2.47 bits per heavy atom. The number of aliphatic hydroxyl groups excluding tert-OH is 2. The van der Waals surface area contributed by atoms with Crippen LogP contribution in [-0.2, 0) is 6.18 Å². The minimum Gasteiger partial charge on any atom is -0.389 e. The summed E-state index contributed by atoms with van der Waals surface area (Å²) in [5, 5.41) is 18.7. The molecule has 0 aromatic carbocycles. The molecule has 0 spiro atoms. The number of aromatic amines is 1. The normalized spacial score (nSPS) is 15.6. The highest BCUT2D eigenvalue weighted by atomic mass is 79.9. The van der Waals surface area contributed by atoms with E-state index in [9.17, 15) is 28.2 Å². The van der Waals surface area contributed by atoms with Gasteiger partial charge in [0, 0.05) is 17.1 Å². The van der Waals surface area contributed by atoms with Crippen LogP contribution < -0.4 is 5.56 Å². The molecule has 0 aliphatic carbocycles. The molecule has 3 N–H and O–H groups in total. The van der Waals surface area contributed by atoms with E-state index >= 15 is 0 Å². The smallest absolute Gasteiger partial charge is 0.389 e. The number of nitrogens with one attached hydrogen (secondary N) is 1. The highest BCUT2D eigenvalue weighted by Crippen LogP contribution is 2.29. The van der Waals surface area contributed by atoms with E-state index in [-0.39, 0.29) is 5.33 Å². The molecule has 0 fully saturated rings. The molecule has 0 amide bonds. The van der Waals surface area contributed by atoms with Gasteiger partial charge in [-0.1, -0.05) is 15.9 Å². The van der Waals surface area contributed by atoms with Crippen molar-refractivity contribution in [2.24, 2.45) is 0 Å². The lowest BCUT2D eigenvalue weighted by atomic mass is 10.1. The highest BCUT2D eigenvalue weighted by molar-refractivity contribution is 9.09. The molecular formula is C9H9BrF3NO3. The van der Waals surface area contributed by atoms with E-state index in [1.165, 1.54) is 0 Å². The van der Waals surface area contributed by atoms with E-state index in [0.717, 1.165) is 0 Å². The summed E-state index contributed by atoms with van der Waals surface area (Å²) in [7, 11) is 0. The zero-order valence-corrected chi connectivity index (χ0v) is 9.92. The summed E-state index contributed by atoms with van der Waals surface area (Å²) in [5.41, 5.74) is -2.48. The van der Waals surface area contributed by atoms with E-state index in [1.54, 1.807) is 0 Å². The molecule has 2 atom stereocenters. The first-order chi connectivity index (χ1) is 7.77. The van der Waals surface area contributed by atoms with Gasteiger partial charge >= 0.3 is 6.18 Å². The number of hydrogen-bond donors (Lipinski definition) is 3. The minimum absolute atomic E-state index is 0.0656. The van der Waals surface area contributed by atoms with Crippen molar-refractivity contribution in [2.75, 3.05) is 5.33 Å². The molecule has 0 aliphatic heterocycles. The van der Waals surface area contributed by atoms with E-state index in [0.29, 0.717) is 12.3 Å². The zero-order chi connectivity index (χ0) is 13.2. The molecule has 0 saturated carbocycles. The van der Waals surface area contributed by atoms with Gasteiger partial charge < -0.3 is 15.2 Å². The molecule has 0 radical (unpaired) electrons. The van der Waals surface area contributed by atoms with Crippen LogP contribution in [0.4, 0.5) is 13.2 Å². The van der Waals surface area contributed by atoms with Gasteiger partial charge in [0.15, 0.2) is 0 Å². The fourth-order valence-corrected chi connectivity index (χ4v) is 1.53. The van der Waals surface area contributed by atoms with Gasteiger partial charge in [-0.25, -0.2) is 0 Å². The first-order valence-corrected chi connectivity index (χ1v) is 5.61. The van der Waals surface area contributed by atoms with E-state index in [4.69, 9.17) is 0 Å². The number of rotatable bonds is 3. The van der Waals surface area contributed by atoms with Crippen molar-refractivity contribution < 1.29 is 23.4 Å². The summed E-state index contributed by atoms with van der Waals surface area (Å²) in [5.74, 6) is 0. The standard InChI is InChI=1S/C9H9BrF3NO3/c10-2-6(15)7(16)5-1-4(9(11,12)13)3-14-8(5)17/h1,3,6-7,15-16H,2H2,(H,14,17). The Morgan fingerprint density at radius 2 is 2.00 bits per heavy atom. The summed E-state index contributed by atoms with van der Waals surface area (Å²) >= 11 is 2.85. The number of aliphatic hydroxyl groups is 2. The van der Waals surface area contributed by atoms with Crippen LogP contribution in [0.5, 0.6) is 0 Å². The van der Waals surface area contributed by atoms with Crippen molar-refractivity contribution in [1.29, 1.82) is 0 Å². The van der Waals surface area contributed by atoms with Crippen LogP contribution >= 0.6 is 15.9 Å². The average Bonchev–Trinajstić information content (AvgIpc) is 2.26. The molecule has 1 aromatic heterocycles. The fourth-order valence-electron chi connectivity index (χ4n) is 1.18. The molecule has 0 bridgehead atoms. The van der Waals surface area contributed by atoms with E-state index in [2.05, 4.69) is 15.9 Å². The highest BCUT2D eigenvalue weighted by Gasteiger charge is 2.32. The van der Waals surface area contributed by atoms with Crippen LogP contribution in [0.1, 0.15) is 17.2 Å². The van der Waals surface area contributed by atoms with Crippen molar-refractivity contribution in [1.82, 2.24) is 4.98 Å². The Bertz CT molecular complexity index is 446. The average molecular weight is 316 g/mol. The van der Waals surface area contributed by atoms with Crippen LogP contribution in [0.3, 0.4) is 0 Å². The summed E-state index contributed by atoms with van der Waals surface area (Å²) in [6, 6.07) is 0.523. The topological polar surface area (TPSA) is 73.3 Å². The molecule has 1 rings (SSSR count). The second-order valence-corrected chi connectivity index (χ2v) is 3.98. The summed E-state index contributed by atoms with van der Waals surface area (Å²) in [6.07, 6.45) is -7.16. The van der Waals surface area contributed by atoms with E-state index in [1.807, 2.05) is 4.98 Å². The molecular weight excluding hydrogens is 307 g/mol. The van der Waals surface area contributed by atoms with Crippen LogP contribution in [0.15, 0.2) is 17.1 Å². The third-order valence-corrected chi connectivity index (χ3v) is 2.76. The molecule has 96 valence electrons. The number of pyridine rings is 1. The minimum atomic E-state index is -4.63. The second-order valence-electron chi connectivity index (χ2n) is 3.34. The summed E-state index contributed by atoms with van der Waals surface area (Å²) in [6.45, 7) is 0. The molecule has 1 heterocycles. The third-order valence-electron chi connectivity index (χ3n) is 2.10. The van der Waals surface area contributed by atoms with Crippen LogP contribution in [0.25, 0.3) is 0 Å². The summed E-state index contributed by atoms with van der Waals surface area (Å²) in [4.78, 5) is 13.1. The van der Waals surface area contributed by atoms with Gasteiger partial charge in [-0.3, -0.25) is 4.79 Å². The maximum Gasteiger partial charge on any atom is 0.417 e. The number of aromatic nitrogens is 1. The van der Waals surface area contributed by atoms with Crippen LogP contribution in [0, 0.1) is 0 Å². The monoisotopic (exact) mass is 315 g/mol. The lowest BCUT2D eigenvalue weighted by Crippen LogP contribution is -2.27. The Balaban J connectivity index is 3.20. The quantitative estimate of drug-likeness (QED) is 0.733. The van der Waals surface area contributed by atoms with Gasteiger partial charge in [0.1, 0.15) is 6.10 Å². The Labute approximate surface area is 102 Å². The van der Waals surface area contributed by atoms with Crippen molar-refractivity contribution >= 4 is 15.9 Å². The number of hydrogen-bond acceptors (Lipinski definition) is 3. The SMILES string of the molecule is O=c1[nH]cc(C(F)(F)F)cc1C(O)C(O)CBr. The van der Waals surface area contributed by atoms with E-state index < -0.39 is 35.1 Å². The van der Waals surface area contributed by atoms with Gasteiger partial charge in [-0.05, 0) is 6.07 Å². The molecule has 0 saturated heterocycles. The van der Waals surface area contributed by atoms with Crippen molar-refractivity contribution in [3.63, 3.8) is 0 Å². The van der Waals surface area contributed by atoms with Gasteiger partial charge in [-0.2, -0.15) is 13.2 Å². The van der Waals surface area contributed by atoms with Crippen LogP contribution in [0.2, 0.25) is 0 Å². The maximum atomic E-state index is 12.4. The lowest BCUT2D eigenvalue weighted by molar-refractivity contribution is -0.138. The Morgan fingerprint density at radius 1 is 1.41 bits per heavy atom. The number of halogens is 4. The second kappa shape index (κ2) is 5.19. The van der Waals surface area contributed by atoms with Gasteiger partial charge in [0.25, 0.3) is 5.56 Å². The molecule has 2 unspecified atom stereocenters. The number of alkyl halides is 4. The fraction of sp³-hybridized carbons (Fsp3) is 0.444. The van der Waals surface area contributed by atoms with Gasteiger partial charge in [0.05, 0.1) is 11.7 Å². The molecule has 0 aliphatic rings. The first-order valence-electron chi connectivity index (χ1n) is 4.49. The maximum absolute atomic E-state index is 12.4. The largest absolute Gasteiger partial charge is 0.417 e. The summed E-state index contributed by atoms with van der Waals surface area (Å²) < 4.78 is 37.1. The number of H-pyrrole nitrogens is 1. The van der Waals surface area contributed by atoms with Crippen LogP contribution in [-0.4, -0.2) is 26.6 Å². The third kappa shape index (κ3) is 3.30. The van der Waals surface area contributed by atoms with Gasteiger partial charge in [-0.15, -0.1) is 0 Å².